The lowest BCUT2D eigenvalue weighted by Gasteiger charge is -2.13. The van der Waals surface area contributed by atoms with E-state index in [1.54, 1.807) is 13.3 Å². The van der Waals surface area contributed by atoms with Crippen molar-refractivity contribution in [1.82, 2.24) is 20.4 Å². The van der Waals surface area contributed by atoms with Crippen molar-refractivity contribution in [2.75, 3.05) is 46.6 Å². The Morgan fingerprint density at radius 3 is 2.87 bits per heavy atom. The standard InChI is InChI=1S/C16H31N5O2/c1-4-17-16(18-7-6-10-23-12-11-22-3)19-13-15(2)14-21-9-5-8-20-21/h5,8-9,15H,4,6-7,10-14H2,1-3H3,(H2,17,18,19). The van der Waals surface area contributed by atoms with Crippen LogP contribution in [0, 0.1) is 5.92 Å². The molecule has 2 N–H and O–H groups in total. The largest absolute Gasteiger partial charge is 0.382 e. The van der Waals surface area contributed by atoms with Crippen molar-refractivity contribution in [3.8, 4) is 0 Å². The van der Waals surface area contributed by atoms with Crippen LogP contribution in [0.5, 0.6) is 0 Å². The summed E-state index contributed by atoms with van der Waals surface area (Å²) in [5.74, 6) is 1.29. The number of hydrogen-bond acceptors (Lipinski definition) is 4. The van der Waals surface area contributed by atoms with E-state index in [0.717, 1.165) is 45.2 Å². The van der Waals surface area contributed by atoms with Crippen LogP contribution in [-0.2, 0) is 16.0 Å². The number of guanidine groups is 1. The smallest absolute Gasteiger partial charge is 0.191 e. The molecule has 0 saturated carbocycles. The van der Waals surface area contributed by atoms with Crippen LogP contribution in [0.25, 0.3) is 0 Å². The van der Waals surface area contributed by atoms with Crippen LogP contribution in [-0.4, -0.2) is 62.3 Å². The SMILES string of the molecule is CCNC(=NCC(C)Cn1cccn1)NCCCOCCOC. The van der Waals surface area contributed by atoms with E-state index in [0.29, 0.717) is 19.1 Å². The zero-order valence-corrected chi connectivity index (χ0v) is 14.6. The molecular formula is C16H31N5O2. The number of hydrogen-bond donors (Lipinski definition) is 2. The van der Waals surface area contributed by atoms with Gasteiger partial charge in [0, 0.05) is 52.3 Å². The van der Waals surface area contributed by atoms with Crippen molar-refractivity contribution < 1.29 is 9.47 Å². The van der Waals surface area contributed by atoms with Gasteiger partial charge >= 0.3 is 0 Å². The van der Waals surface area contributed by atoms with E-state index in [9.17, 15) is 0 Å². The van der Waals surface area contributed by atoms with E-state index < -0.39 is 0 Å². The van der Waals surface area contributed by atoms with Crippen molar-refractivity contribution in [2.24, 2.45) is 10.9 Å². The minimum atomic E-state index is 0.433. The van der Waals surface area contributed by atoms with Crippen LogP contribution in [0.15, 0.2) is 23.5 Å². The third-order valence-corrected chi connectivity index (χ3v) is 3.15. The van der Waals surface area contributed by atoms with Gasteiger partial charge < -0.3 is 20.1 Å². The summed E-state index contributed by atoms with van der Waals surface area (Å²) in [4.78, 5) is 4.63. The highest BCUT2D eigenvalue weighted by molar-refractivity contribution is 5.79. The van der Waals surface area contributed by atoms with Crippen LogP contribution in [0.2, 0.25) is 0 Å². The molecule has 1 heterocycles. The van der Waals surface area contributed by atoms with Crippen molar-refractivity contribution in [3.05, 3.63) is 18.5 Å². The quantitative estimate of drug-likeness (QED) is 0.342. The number of aromatic nitrogens is 2. The number of ether oxygens (including phenoxy) is 2. The Bertz CT molecular complexity index is 409. The lowest BCUT2D eigenvalue weighted by Crippen LogP contribution is -2.38. The molecule has 0 amide bonds. The van der Waals surface area contributed by atoms with Crippen LogP contribution in [0.1, 0.15) is 20.3 Å². The van der Waals surface area contributed by atoms with Gasteiger partial charge in [0.05, 0.1) is 13.2 Å². The van der Waals surface area contributed by atoms with E-state index >= 15 is 0 Å². The zero-order chi connectivity index (χ0) is 16.8. The number of methoxy groups -OCH3 is 1. The Morgan fingerprint density at radius 1 is 1.30 bits per heavy atom. The first-order chi connectivity index (χ1) is 11.3. The van der Waals surface area contributed by atoms with E-state index in [1.807, 2.05) is 16.9 Å². The third kappa shape index (κ3) is 9.91. The summed E-state index contributed by atoms with van der Waals surface area (Å²) in [6, 6.07) is 1.94. The summed E-state index contributed by atoms with van der Waals surface area (Å²) < 4.78 is 12.3. The van der Waals surface area contributed by atoms with Gasteiger partial charge in [0.2, 0.25) is 0 Å². The molecule has 0 aliphatic carbocycles. The first-order valence-electron chi connectivity index (χ1n) is 8.32. The molecule has 1 rings (SSSR count). The maximum absolute atomic E-state index is 5.44. The molecule has 1 unspecified atom stereocenters. The summed E-state index contributed by atoms with van der Waals surface area (Å²) in [5, 5.41) is 10.8. The van der Waals surface area contributed by atoms with Gasteiger partial charge in [-0.25, -0.2) is 0 Å². The molecule has 0 bridgehead atoms. The van der Waals surface area contributed by atoms with Crippen LogP contribution >= 0.6 is 0 Å². The monoisotopic (exact) mass is 325 g/mol. The van der Waals surface area contributed by atoms with Crippen LogP contribution in [0.4, 0.5) is 0 Å². The Balaban J connectivity index is 2.21. The molecule has 1 atom stereocenters. The molecule has 7 heteroatoms. The van der Waals surface area contributed by atoms with Crippen LogP contribution < -0.4 is 10.6 Å². The Kier molecular flexibility index (Phi) is 10.9. The number of nitrogens with one attached hydrogen (secondary N) is 2. The first kappa shape index (κ1) is 19.4. The fourth-order valence-electron chi connectivity index (χ4n) is 2.00. The molecule has 0 aromatic carbocycles. The van der Waals surface area contributed by atoms with E-state index in [1.165, 1.54) is 0 Å². The number of aliphatic imine (C=N–C) groups is 1. The predicted molar refractivity (Wildman–Crippen MR) is 92.7 cm³/mol. The Morgan fingerprint density at radius 2 is 2.17 bits per heavy atom. The average molecular weight is 325 g/mol. The molecule has 0 saturated heterocycles. The normalized spacial score (nSPS) is 13.1. The molecular weight excluding hydrogens is 294 g/mol. The summed E-state index contributed by atoms with van der Waals surface area (Å²) in [6.45, 7) is 9.60. The summed E-state index contributed by atoms with van der Waals surface area (Å²) in [6.07, 6.45) is 4.72. The second kappa shape index (κ2) is 12.9. The fourth-order valence-corrected chi connectivity index (χ4v) is 2.00. The summed E-state index contributed by atoms with van der Waals surface area (Å²) in [5.41, 5.74) is 0. The first-order valence-corrected chi connectivity index (χ1v) is 8.32. The lowest BCUT2D eigenvalue weighted by atomic mass is 10.2. The maximum Gasteiger partial charge on any atom is 0.191 e. The summed E-state index contributed by atoms with van der Waals surface area (Å²) >= 11 is 0. The molecule has 132 valence electrons. The van der Waals surface area contributed by atoms with Gasteiger partial charge in [-0.1, -0.05) is 6.92 Å². The lowest BCUT2D eigenvalue weighted by molar-refractivity contribution is 0.0698. The number of rotatable bonds is 12. The molecule has 0 radical (unpaired) electrons. The number of nitrogens with zero attached hydrogens (tertiary/aromatic N) is 3. The molecule has 23 heavy (non-hydrogen) atoms. The second-order valence-electron chi connectivity index (χ2n) is 5.44. The van der Waals surface area contributed by atoms with Gasteiger partial charge in [-0.3, -0.25) is 9.67 Å². The average Bonchev–Trinajstić information content (AvgIpc) is 3.04. The third-order valence-electron chi connectivity index (χ3n) is 3.15. The topological polar surface area (TPSA) is 72.7 Å². The van der Waals surface area contributed by atoms with Crippen LogP contribution in [0.3, 0.4) is 0 Å². The Labute approximate surface area is 139 Å². The second-order valence-corrected chi connectivity index (χ2v) is 5.44. The fraction of sp³-hybridized carbons (Fsp3) is 0.750. The van der Waals surface area contributed by atoms with Gasteiger partial charge in [-0.15, -0.1) is 0 Å². The highest BCUT2D eigenvalue weighted by Crippen LogP contribution is 2.00. The van der Waals surface area contributed by atoms with Crippen molar-refractivity contribution in [1.29, 1.82) is 0 Å². The molecule has 0 fully saturated rings. The molecule has 0 aliphatic heterocycles. The highest BCUT2D eigenvalue weighted by atomic mass is 16.5. The van der Waals surface area contributed by atoms with E-state index in [2.05, 4.69) is 34.6 Å². The van der Waals surface area contributed by atoms with Gasteiger partial charge in [-0.2, -0.15) is 5.10 Å². The molecule has 1 aromatic heterocycles. The van der Waals surface area contributed by atoms with Gasteiger partial charge in [0.25, 0.3) is 0 Å². The highest BCUT2D eigenvalue weighted by Gasteiger charge is 2.04. The minimum absolute atomic E-state index is 0.433. The maximum atomic E-state index is 5.44. The van der Waals surface area contributed by atoms with Gasteiger partial charge in [-0.05, 0) is 25.3 Å². The van der Waals surface area contributed by atoms with Crippen molar-refractivity contribution >= 4 is 5.96 Å². The van der Waals surface area contributed by atoms with Crippen molar-refractivity contribution in [3.63, 3.8) is 0 Å². The summed E-state index contributed by atoms with van der Waals surface area (Å²) in [7, 11) is 1.68. The predicted octanol–water partition coefficient (Wildman–Crippen LogP) is 1.13. The van der Waals surface area contributed by atoms with Gasteiger partial charge in [0.15, 0.2) is 5.96 Å². The molecule has 0 aliphatic rings. The zero-order valence-electron chi connectivity index (χ0n) is 14.6. The minimum Gasteiger partial charge on any atom is -0.382 e. The molecule has 0 spiro atoms. The Hall–Kier alpha value is -1.60. The van der Waals surface area contributed by atoms with Crippen molar-refractivity contribution in [2.45, 2.75) is 26.8 Å². The van der Waals surface area contributed by atoms with E-state index in [4.69, 9.17) is 9.47 Å². The molecule has 7 nitrogen and oxygen atoms in total. The van der Waals surface area contributed by atoms with E-state index in [-0.39, 0.29) is 0 Å². The van der Waals surface area contributed by atoms with Gasteiger partial charge in [0.1, 0.15) is 0 Å². The molecule has 1 aromatic rings.